The quantitative estimate of drug-likeness (QED) is 0.488. The van der Waals surface area contributed by atoms with Gasteiger partial charge in [0.25, 0.3) is 0 Å². The summed E-state index contributed by atoms with van der Waals surface area (Å²) in [4.78, 5) is 19.3. The maximum absolute atomic E-state index is 11.0. The molecule has 1 aliphatic rings. The van der Waals surface area contributed by atoms with Crippen molar-refractivity contribution >= 4 is 23.9 Å². The SMILES string of the molecule is CSc1ncc(C=O)c(NC[C@@H]2CCC[C@@]2(C)O)n1. The fraction of sp³-hybridized carbons (Fsp3) is 0.615. The molecule has 0 aliphatic heterocycles. The Balaban J connectivity index is 2.08. The number of carbonyl (C=O) groups excluding carboxylic acids is 1. The van der Waals surface area contributed by atoms with Crippen LogP contribution in [0.4, 0.5) is 5.82 Å². The fourth-order valence-electron chi connectivity index (χ4n) is 2.46. The molecule has 1 aromatic heterocycles. The van der Waals surface area contributed by atoms with E-state index in [1.807, 2.05) is 13.2 Å². The van der Waals surface area contributed by atoms with Gasteiger partial charge in [0.05, 0.1) is 11.2 Å². The number of aliphatic hydroxyl groups is 1. The van der Waals surface area contributed by atoms with E-state index in [0.29, 0.717) is 23.1 Å². The van der Waals surface area contributed by atoms with Crippen LogP contribution in [0.3, 0.4) is 0 Å². The molecule has 5 nitrogen and oxygen atoms in total. The summed E-state index contributed by atoms with van der Waals surface area (Å²) in [5, 5.41) is 14.0. The molecule has 0 radical (unpaired) electrons. The number of aldehydes is 1. The van der Waals surface area contributed by atoms with Gasteiger partial charge >= 0.3 is 0 Å². The third-order valence-corrected chi connectivity index (χ3v) is 4.30. The van der Waals surface area contributed by atoms with Crippen LogP contribution in [0.15, 0.2) is 11.4 Å². The smallest absolute Gasteiger partial charge is 0.189 e. The fourth-order valence-corrected chi connectivity index (χ4v) is 2.81. The lowest BCUT2D eigenvalue weighted by Crippen LogP contribution is -2.33. The van der Waals surface area contributed by atoms with Gasteiger partial charge in [-0.15, -0.1) is 0 Å². The molecule has 1 heterocycles. The number of nitrogens with one attached hydrogen (secondary N) is 1. The summed E-state index contributed by atoms with van der Waals surface area (Å²) in [5.74, 6) is 0.747. The Morgan fingerprint density at radius 3 is 3.05 bits per heavy atom. The average molecular weight is 281 g/mol. The van der Waals surface area contributed by atoms with Gasteiger partial charge in [0, 0.05) is 18.7 Å². The summed E-state index contributed by atoms with van der Waals surface area (Å²) >= 11 is 1.43. The molecule has 2 rings (SSSR count). The highest BCUT2D eigenvalue weighted by molar-refractivity contribution is 7.98. The lowest BCUT2D eigenvalue weighted by atomic mass is 9.93. The predicted octanol–water partition coefficient (Wildman–Crippen LogP) is 1.97. The maximum atomic E-state index is 11.0. The molecular weight excluding hydrogens is 262 g/mol. The van der Waals surface area contributed by atoms with Crippen molar-refractivity contribution in [3.8, 4) is 0 Å². The lowest BCUT2D eigenvalue weighted by Gasteiger charge is -2.26. The molecule has 2 N–H and O–H groups in total. The molecule has 1 saturated carbocycles. The van der Waals surface area contributed by atoms with Crippen LogP contribution < -0.4 is 5.32 Å². The molecule has 6 heteroatoms. The Hall–Kier alpha value is -1.14. The van der Waals surface area contributed by atoms with Gasteiger partial charge in [0.1, 0.15) is 5.82 Å². The standard InChI is InChI=1S/C13H19N3O2S/c1-13(18)5-3-4-10(13)7-14-11-9(8-17)6-15-12(16-11)19-2/h6,8,10,18H,3-5,7H2,1-2H3,(H,14,15,16)/t10-,13+/m0/s1. The minimum absolute atomic E-state index is 0.194. The van der Waals surface area contributed by atoms with E-state index in [-0.39, 0.29) is 5.92 Å². The highest BCUT2D eigenvalue weighted by atomic mass is 32.2. The largest absolute Gasteiger partial charge is 0.390 e. The second-order valence-corrected chi connectivity index (χ2v) is 5.88. The van der Waals surface area contributed by atoms with Crippen LogP contribution in [0, 0.1) is 5.92 Å². The van der Waals surface area contributed by atoms with Gasteiger partial charge in [0.2, 0.25) is 0 Å². The van der Waals surface area contributed by atoms with Crippen LogP contribution in [0.1, 0.15) is 36.5 Å². The van der Waals surface area contributed by atoms with E-state index in [1.165, 1.54) is 18.0 Å². The van der Waals surface area contributed by atoms with Crippen LogP contribution in [0.5, 0.6) is 0 Å². The Morgan fingerprint density at radius 2 is 2.47 bits per heavy atom. The summed E-state index contributed by atoms with van der Waals surface area (Å²) in [6, 6.07) is 0. The van der Waals surface area contributed by atoms with Crippen molar-refractivity contribution < 1.29 is 9.90 Å². The van der Waals surface area contributed by atoms with Gasteiger partial charge in [-0.2, -0.15) is 0 Å². The Morgan fingerprint density at radius 1 is 1.68 bits per heavy atom. The summed E-state index contributed by atoms with van der Waals surface area (Å²) in [5.41, 5.74) is -0.167. The van der Waals surface area contributed by atoms with Gasteiger partial charge in [-0.3, -0.25) is 4.79 Å². The molecule has 0 unspecified atom stereocenters. The van der Waals surface area contributed by atoms with Crippen LogP contribution in [-0.2, 0) is 0 Å². The molecule has 104 valence electrons. The van der Waals surface area contributed by atoms with E-state index in [4.69, 9.17) is 0 Å². The van der Waals surface area contributed by atoms with E-state index in [2.05, 4.69) is 15.3 Å². The van der Waals surface area contributed by atoms with E-state index in [9.17, 15) is 9.90 Å². The van der Waals surface area contributed by atoms with Crippen LogP contribution in [0.2, 0.25) is 0 Å². The molecule has 2 atom stereocenters. The van der Waals surface area contributed by atoms with Crippen molar-refractivity contribution in [1.82, 2.24) is 9.97 Å². The number of anilines is 1. The zero-order valence-electron chi connectivity index (χ0n) is 11.2. The van der Waals surface area contributed by atoms with Crippen LogP contribution in [-0.4, -0.2) is 39.8 Å². The molecule has 0 amide bonds. The van der Waals surface area contributed by atoms with Gasteiger partial charge in [-0.05, 0) is 26.0 Å². The second kappa shape index (κ2) is 5.88. The number of carbonyl (C=O) groups is 1. The summed E-state index contributed by atoms with van der Waals surface area (Å²) in [6.07, 6.45) is 7.04. The first kappa shape index (κ1) is 14.3. The molecule has 0 spiro atoms. The third kappa shape index (κ3) is 3.25. The lowest BCUT2D eigenvalue weighted by molar-refractivity contribution is 0.0262. The zero-order chi connectivity index (χ0) is 13.9. The molecule has 0 aromatic carbocycles. The third-order valence-electron chi connectivity index (χ3n) is 3.74. The summed E-state index contributed by atoms with van der Waals surface area (Å²) in [7, 11) is 0. The second-order valence-electron chi connectivity index (χ2n) is 5.11. The Kier molecular flexibility index (Phi) is 4.42. The highest BCUT2D eigenvalue weighted by Gasteiger charge is 2.36. The van der Waals surface area contributed by atoms with Gasteiger partial charge in [-0.25, -0.2) is 9.97 Å². The number of aromatic nitrogens is 2. The predicted molar refractivity (Wildman–Crippen MR) is 75.7 cm³/mol. The van der Waals surface area contributed by atoms with E-state index < -0.39 is 5.60 Å². The Bertz CT molecular complexity index is 465. The monoisotopic (exact) mass is 281 g/mol. The first-order chi connectivity index (χ1) is 9.06. The van der Waals surface area contributed by atoms with Crippen LogP contribution in [0.25, 0.3) is 0 Å². The van der Waals surface area contributed by atoms with E-state index in [0.717, 1.165) is 25.5 Å². The topological polar surface area (TPSA) is 75.1 Å². The minimum Gasteiger partial charge on any atom is -0.390 e. The molecule has 1 fully saturated rings. The number of hydrogen-bond donors (Lipinski definition) is 2. The number of hydrogen-bond acceptors (Lipinski definition) is 6. The van der Waals surface area contributed by atoms with Gasteiger partial charge < -0.3 is 10.4 Å². The van der Waals surface area contributed by atoms with Gasteiger partial charge in [-0.1, -0.05) is 18.2 Å². The molecule has 1 aromatic rings. The molecule has 19 heavy (non-hydrogen) atoms. The zero-order valence-corrected chi connectivity index (χ0v) is 12.0. The number of nitrogens with zero attached hydrogens (tertiary/aromatic N) is 2. The van der Waals surface area contributed by atoms with Crippen molar-refractivity contribution in [2.45, 2.75) is 36.9 Å². The average Bonchev–Trinajstić information content (AvgIpc) is 2.75. The first-order valence-corrected chi connectivity index (χ1v) is 7.62. The minimum atomic E-state index is -0.621. The van der Waals surface area contributed by atoms with Crippen molar-refractivity contribution in [2.24, 2.45) is 5.92 Å². The maximum Gasteiger partial charge on any atom is 0.189 e. The molecule has 0 saturated heterocycles. The summed E-state index contributed by atoms with van der Waals surface area (Å²) in [6.45, 7) is 2.50. The Labute approximate surface area is 117 Å². The van der Waals surface area contributed by atoms with Crippen molar-refractivity contribution in [1.29, 1.82) is 0 Å². The van der Waals surface area contributed by atoms with E-state index >= 15 is 0 Å². The highest BCUT2D eigenvalue weighted by Crippen LogP contribution is 2.35. The van der Waals surface area contributed by atoms with Crippen LogP contribution >= 0.6 is 11.8 Å². The first-order valence-electron chi connectivity index (χ1n) is 6.39. The number of thioether (sulfide) groups is 1. The van der Waals surface area contributed by atoms with E-state index in [1.54, 1.807) is 0 Å². The van der Waals surface area contributed by atoms with Crippen molar-refractivity contribution in [2.75, 3.05) is 18.1 Å². The van der Waals surface area contributed by atoms with Crippen molar-refractivity contribution in [3.63, 3.8) is 0 Å². The summed E-state index contributed by atoms with van der Waals surface area (Å²) < 4.78 is 0. The van der Waals surface area contributed by atoms with Crippen molar-refractivity contribution in [3.05, 3.63) is 11.8 Å². The molecule has 1 aliphatic carbocycles. The van der Waals surface area contributed by atoms with Gasteiger partial charge in [0.15, 0.2) is 11.4 Å². The molecule has 0 bridgehead atoms. The normalized spacial score (nSPS) is 26.4. The molecular formula is C13H19N3O2S. The number of rotatable bonds is 5.